The first kappa shape index (κ1) is 53.1. The van der Waals surface area contributed by atoms with Crippen LogP contribution in [0.25, 0.3) is 0 Å². The molecular formula is C61H48O17. The van der Waals surface area contributed by atoms with Gasteiger partial charge >= 0.3 is 41.8 Å². The van der Waals surface area contributed by atoms with Crippen molar-refractivity contribution in [3.63, 3.8) is 0 Å². The highest BCUT2D eigenvalue weighted by molar-refractivity contribution is 5.93. The van der Waals surface area contributed by atoms with Gasteiger partial charge in [0.15, 0.2) is 48.7 Å². The van der Waals surface area contributed by atoms with Gasteiger partial charge in [0.1, 0.15) is 25.6 Å². The zero-order chi connectivity index (χ0) is 54.2. The Morgan fingerprint density at radius 3 is 1.03 bits per heavy atom. The first-order valence-electron chi connectivity index (χ1n) is 24.5. The summed E-state index contributed by atoms with van der Waals surface area (Å²) in [6.45, 7) is -1.31. The second-order valence-corrected chi connectivity index (χ2v) is 17.4. The fourth-order valence-electron chi connectivity index (χ4n) is 8.26. The first-order chi connectivity index (χ1) is 38.1. The lowest BCUT2D eigenvalue weighted by atomic mass is 9.97. The summed E-state index contributed by atoms with van der Waals surface area (Å²) in [6, 6.07) is 54.9. The molecular weight excluding hydrogens is 1000 g/mol. The second kappa shape index (κ2) is 25.7. The third-order valence-electron chi connectivity index (χ3n) is 12.2. The lowest BCUT2D eigenvalue weighted by Gasteiger charge is -2.46. The predicted molar refractivity (Wildman–Crippen MR) is 274 cm³/mol. The summed E-state index contributed by atoms with van der Waals surface area (Å²) in [4.78, 5) is 98.4. The van der Waals surface area contributed by atoms with Crippen LogP contribution in [0.2, 0.25) is 0 Å². The quantitative estimate of drug-likeness (QED) is 0.0580. The molecule has 2 heterocycles. The lowest BCUT2D eigenvalue weighted by molar-refractivity contribution is -0.316. The monoisotopic (exact) mass is 1050 g/mol. The summed E-state index contributed by atoms with van der Waals surface area (Å²) in [6.07, 6.45) is -13.2. The highest BCUT2D eigenvalue weighted by Crippen LogP contribution is 2.36. The van der Waals surface area contributed by atoms with Crippen molar-refractivity contribution in [2.75, 3.05) is 13.2 Å². The Hall–Kier alpha value is -9.71. The van der Waals surface area contributed by atoms with Crippen molar-refractivity contribution in [1.29, 1.82) is 0 Å². The number of hydrogen-bond acceptors (Lipinski definition) is 17. The van der Waals surface area contributed by atoms with E-state index >= 15 is 0 Å². The van der Waals surface area contributed by atoms with Crippen molar-refractivity contribution >= 4 is 41.8 Å². The maximum atomic E-state index is 14.4. The van der Waals surface area contributed by atoms with Gasteiger partial charge in [-0.15, -0.1) is 0 Å². The molecule has 0 aromatic heterocycles. The maximum absolute atomic E-state index is 14.4. The minimum absolute atomic E-state index is 0.0135. The molecule has 7 aromatic rings. The Bertz CT molecular complexity index is 3200. The van der Waals surface area contributed by atoms with Gasteiger partial charge in [-0.1, -0.05) is 127 Å². The smallest absolute Gasteiger partial charge is 0.343 e. The third-order valence-corrected chi connectivity index (χ3v) is 12.2. The summed E-state index contributed by atoms with van der Waals surface area (Å²) < 4.78 is 62.1. The summed E-state index contributed by atoms with van der Waals surface area (Å²) in [5, 5.41) is 0. The van der Waals surface area contributed by atoms with Crippen LogP contribution in [0.15, 0.2) is 224 Å². The molecule has 0 bridgehead atoms. The number of benzene rings is 7. The van der Waals surface area contributed by atoms with E-state index in [1.54, 1.807) is 127 Å². The molecule has 17 nitrogen and oxygen atoms in total. The summed E-state index contributed by atoms with van der Waals surface area (Å²) >= 11 is 0. The fourth-order valence-corrected chi connectivity index (χ4v) is 8.26. The number of ether oxygens (including phenoxy) is 10. The van der Waals surface area contributed by atoms with Gasteiger partial charge in [0.05, 0.1) is 38.9 Å². The Morgan fingerprint density at radius 1 is 0.333 bits per heavy atom. The van der Waals surface area contributed by atoms with E-state index in [1.165, 1.54) is 84.9 Å². The van der Waals surface area contributed by atoms with Gasteiger partial charge in [-0.2, -0.15) is 0 Å². The number of carbonyl (C=O) groups is 7. The van der Waals surface area contributed by atoms with E-state index in [4.69, 9.17) is 47.4 Å². The first-order valence-corrected chi connectivity index (χ1v) is 24.5. The van der Waals surface area contributed by atoms with Crippen LogP contribution < -0.4 is 0 Å². The van der Waals surface area contributed by atoms with Gasteiger partial charge in [-0.05, 0) is 84.9 Å². The topological polar surface area (TPSA) is 212 Å². The van der Waals surface area contributed by atoms with Gasteiger partial charge in [-0.25, -0.2) is 33.6 Å². The van der Waals surface area contributed by atoms with Crippen LogP contribution in [-0.2, 0) is 47.4 Å². The maximum Gasteiger partial charge on any atom is 0.343 e. The Morgan fingerprint density at radius 2 is 0.641 bits per heavy atom. The number of rotatable bonds is 18. The third kappa shape index (κ3) is 13.4. The van der Waals surface area contributed by atoms with Crippen LogP contribution >= 0.6 is 0 Å². The van der Waals surface area contributed by atoms with E-state index in [1.807, 2.05) is 0 Å². The number of carbonyl (C=O) groups excluding carboxylic acids is 7. The Balaban J connectivity index is 1.18. The Kier molecular flexibility index (Phi) is 17.5. The van der Waals surface area contributed by atoms with Crippen molar-refractivity contribution in [2.45, 2.75) is 49.0 Å². The molecule has 394 valence electrons. The SMILES string of the molecule is O=C(OCC1OC=C(OC(=O)c2ccccc2)[C@@H](O[C@@H]2OC(COC(=O)c3ccccc3)[C@@H](OC(=O)c3ccccc3)[C@H](OC(=O)c3ccccc3)C2OC(=O)c2ccccc2)[C@@H]1OC(=O)c1ccccc1)c1ccccc1. The van der Waals surface area contributed by atoms with Gasteiger partial charge in [0.2, 0.25) is 0 Å². The molecule has 8 atom stereocenters. The van der Waals surface area contributed by atoms with Crippen LogP contribution in [0, 0.1) is 0 Å². The minimum Gasteiger partial charge on any atom is -0.487 e. The lowest BCUT2D eigenvalue weighted by Crippen LogP contribution is -2.64. The molecule has 2 aliphatic heterocycles. The molecule has 2 aliphatic rings. The van der Waals surface area contributed by atoms with Gasteiger partial charge in [0, 0.05) is 0 Å². The van der Waals surface area contributed by atoms with Crippen LogP contribution in [0.3, 0.4) is 0 Å². The summed E-state index contributed by atoms with van der Waals surface area (Å²) in [5.74, 6) is -6.82. The van der Waals surface area contributed by atoms with Crippen molar-refractivity contribution in [1.82, 2.24) is 0 Å². The molecule has 0 N–H and O–H groups in total. The fraction of sp³-hybridized carbons (Fsp3) is 0.164. The molecule has 0 aliphatic carbocycles. The van der Waals surface area contributed by atoms with Crippen LogP contribution in [-0.4, -0.2) is 104 Å². The normalized spacial score (nSPS) is 20.4. The molecule has 78 heavy (non-hydrogen) atoms. The average molecular weight is 1050 g/mol. The summed E-state index contributed by atoms with van der Waals surface area (Å²) in [5.41, 5.74) is 0.559. The molecule has 9 rings (SSSR count). The van der Waals surface area contributed by atoms with Gasteiger partial charge < -0.3 is 47.4 Å². The highest BCUT2D eigenvalue weighted by Gasteiger charge is 2.56. The van der Waals surface area contributed by atoms with Crippen LogP contribution in [0.4, 0.5) is 0 Å². The minimum atomic E-state index is -2.02. The van der Waals surface area contributed by atoms with Crippen LogP contribution in [0.1, 0.15) is 72.5 Å². The van der Waals surface area contributed by atoms with Gasteiger partial charge in [0.25, 0.3) is 0 Å². The molecule has 3 unspecified atom stereocenters. The van der Waals surface area contributed by atoms with E-state index in [-0.39, 0.29) is 38.9 Å². The number of esters is 7. The van der Waals surface area contributed by atoms with Gasteiger partial charge in [-0.3, -0.25) is 0 Å². The van der Waals surface area contributed by atoms with E-state index in [0.29, 0.717) is 0 Å². The molecule has 7 aromatic carbocycles. The molecule has 0 radical (unpaired) electrons. The molecule has 0 amide bonds. The van der Waals surface area contributed by atoms with Crippen molar-refractivity contribution < 1.29 is 80.9 Å². The van der Waals surface area contributed by atoms with Crippen molar-refractivity contribution in [3.8, 4) is 0 Å². The molecule has 17 heteroatoms. The van der Waals surface area contributed by atoms with Crippen molar-refractivity contribution in [2.24, 2.45) is 0 Å². The average Bonchev–Trinajstić information content (AvgIpc) is 3.50. The van der Waals surface area contributed by atoms with E-state index in [9.17, 15) is 33.6 Å². The zero-order valence-electron chi connectivity index (χ0n) is 41.3. The van der Waals surface area contributed by atoms with E-state index in [2.05, 4.69) is 0 Å². The second-order valence-electron chi connectivity index (χ2n) is 17.4. The largest absolute Gasteiger partial charge is 0.487 e. The predicted octanol–water partition coefficient (Wildman–Crippen LogP) is 8.81. The molecule has 0 spiro atoms. The molecule has 1 saturated heterocycles. The summed E-state index contributed by atoms with van der Waals surface area (Å²) in [7, 11) is 0. The molecule has 1 fully saturated rings. The van der Waals surface area contributed by atoms with E-state index < -0.39 is 110 Å². The van der Waals surface area contributed by atoms with Crippen molar-refractivity contribution in [3.05, 3.63) is 263 Å². The standard InChI is InChI=1S/C61H48O17/c62-54(39-22-8-1-9-23-39)70-36-46-49(74-57(65)42-28-14-4-15-29-42)50(47(37-69-46)72-56(64)41-26-12-3-13-27-41)78-61-53(77-60(68)45-34-20-7-21-35-45)52(76-59(67)44-32-18-6-19-33-44)51(75-58(66)43-30-16-5-17-31-43)48(73-61)38-71-55(63)40-24-10-2-11-25-40/h1-35,37,46,48-53,61H,36,38H2/t46?,48?,49-,50-,51-,52+,53?,61+/m1/s1. The number of hydrogen-bond donors (Lipinski definition) is 0. The zero-order valence-corrected chi connectivity index (χ0v) is 41.3. The Labute approximate surface area is 446 Å². The highest BCUT2D eigenvalue weighted by atomic mass is 16.8. The molecule has 0 saturated carbocycles. The van der Waals surface area contributed by atoms with Crippen LogP contribution in [0.5, 0.6) is 0 Å². The van der Waals surface area contributed by atoms with E-state index in [0.717, 1.165) is 6.26 Å².